The van der Waals surface area contributed by atoms with E-state index in [1.54, 1.807) is 0 Å². The largest absolute Gasteiger partial charge is 0.321 e. The first kappa shape index (κ1) is 12.3. The van der Waals surface area contributed by atoms with E-state index in [1.807, 2.05) is 23.7 Å². The second kappa shape index (κ2) is 5.36. The lowest BCUT2D eigenvalue weighted by Gasteiger charge is -2.39. The van der Waals surface area contributed by atoms with E-state index in [1.165, 1.54) is 0 Å². The van der Waals surface area contributed by atoms with Crippen molar-refractivity contribution in [1.29, 1.82) is 0 Å². The molecule has 0 spiro atoms. The van der Waals surface area contributed by atoms with Crippen molar-refractivity contribution in [2.24, 2.45) is 11.8 Å². The lowest BCUT2D eigenvalue weighted by molar-refractivity contribution is 0.258. The Morgan fingerprint density at radius 1 is 1.29 bits per heavy atom. The van der Waals surface area contributed by atoms with Gasteiger partial charge in [-0.25, -0.2) is 0 Å². The van der Waals surface area contributed by atoms with Gasteiger partial charge in [0.1, 0.15) is 0 Å². The molecule has 0 saturated heterocycles. The molecule has 0 bridgehead atoms. The molecule has 0 radical (unpaired) electrons. The molecule has 1 heterocycles. The van der Waals surface area contributed by atoms with E-state index in [0.717, 1.165) is 17.1 Å². The van der Waals surface area contributed by atoms with Crippen LogP contribution in [0.2, 0.25) is 0 Å². The van der Waals surface area contributed by atoms with Gasteiger partial charge in [0.05, 0.1) is 0 Å². The van der Waals surface area contributed by atoms with E-state index < -0.39 is 0 Å². The van der Waals surface area contributed by atoms with E-state index in [0.29, 0.717) is 6.04 Å². The normalized spacial score (nSPS) is 34.6. The fourth-order valence-corrected chi connectivity index (χ4v) is 3.39. The molecule has 0 fully saturated rings. The van der Waals surface area contributed by atoms with Crippen LogP contribution in [0.25, 0.3) is 0 Å². The average molecular weight is 231 g/mol. The molecule has 0 amide bonds. The van der Waals surface area contributed by atoms with Crippen molar-refractivity contribution in [3.05, 3.63) is 12.3 Å². The summed E-state index contributed by atoms with van der Waals surface area (Å²) >= 11 is 3.79. The molecule has 82 valence electrons. The van der Waals surface area contributed by atoms with Crippen molar-refractivity contribution in [3.8, 4) is 0 Å². The van der Waals surface area contributed by atoms with Crippen LogP contribution < -0.4 is 0 Å². The van der Waals surface area contributed by atoms with Crippen LogP contribution >= 0.6 is 23.7 Å². The van der Waals surface area contributed by atoms with E-state index >= 15 is 0 Å². The van der Waals surface area contributed by atoms with Crippen molar-refractivity contribution < 1.29 is 0 Å². The number of hydrogen-bond donors (Lipinski definition) is 0. The average Bonchev–Trinajstić information content (AvgIpc) is 2.21. The van der Waals surface area contributed by atoms with Gasteiger partial charge in [-0.15, -0.1) is 0 Å². The first-order valence-electron chi connectivity index (χ1n) is 5.15. The molecule has 0 saturated carbocycles. The van der Waals surface area contributed by atoms with Gasteiger partial charge in [0.25, 0.3) is 0 Å². The fraction of sp³-hybridized carbons (Fsp3) is 0.818. The molecule has 1 nitrogen and oxygen atoms in total. The molecular weight excluding hydrogens is 210 g/mol. The molecule has 1 rings (SSSR count). The maximum Gasteiger partial charge on any atom is 0.0402 e. The van der Waals surface area contributed by atoms with Crippen molar-refractivity contribution in [2.75, 3.05) is 12.5 Å². The Bertz CT molecular complexity index is 205. The van der Waals surface area contributed by atoms with Crippen LogP contribution in [-0.2, 0) is 0 Å². The first-order valence-corrected chi connectivity index (χ1v) is 7.62. The topological polar surface area (TPSA) is 3.24 Å². The van der Waals surface area contributed by atoms with E-state index in [2.05, 4.69) is 49.9 Å². The molecular formula is C11H21NS2. The predicted molar refractivity (Wildman–Crippen MR) is 69.6 cm³/mol. The second-order valence-corrected chi connectivity index (χ2v) is 6.00. The van der Waals surface area contributed by atoms with Gasteiger partial charge in [0, 0.05) is 23.7 Å². The van der Waals surface area contributed by atoms with Gasteiger partial charge in [-0.2, -0.15) is 11.8 Å². The third-order valence-corrected chi connectivity index (χ3v) is 5.28. The van der Waals surface area contributed by atoms with Gasteiger partial charge >= 0.3 is 0 Å². The van der Waals surface area contributed by atoms with Crippen LogP contribution in [0.4, 0.5) is 0 Å². The number of thioether (sulfide) groups is 1. The molecule has 3 heteroatoms. The maximum absolute atomic E-state index is 2.38. The minimum Gasteiger partial charge on any atom is -0.321 e. The van der Waals surface area contributed by atoms with Crippen LogP contribution in [-0.4, -0.2) is 28.1 Å². The smallest absolute Gasteiger partial charge is 0.0402 e. The SMILES string of the molecule is CSC(C)C1C=CN(SC)C(C)C1C. The summed E-state index contributed by atoms with van der Waals surface area (Å²) in [7, 11) is 0. The summed E-state index contributed by atoms with van der Waals surface area (Å²) in [6, 6.07) is 0.648. The Balaban J connectivity index is 2.73. The molecule has 1 aliphatic rings. The van der Waals surface area contributed by atoms with Gasteiger partial charge in [-0.05, 0) is 25.0 Å². The monoisotopic (exact) mass is 231 g/mol. The predicted octanol–water partition coefficient (Wildman–Crippen LogP) is 3.49. The zero-order valence-electron chi connectivity index (χ0n) is 9.73. The summed E-state index contributed by atoms with van der Waals surface area (Å²) in [5, 5.41) is 0.729. The first-order chi connectivity index (χ1) is 6.61. The van der Waals surface area contributed by atoms with Gasteiger partial charge in [-0.3, -0.25) is 0 Å². The van der Waals surface area contributed by atoms with E-state index in [4.69, 9.17) is 0 Å². The fourth-order valence-electron chi connectivity index (χ4n) is 2.02. The van der Waals surface area contributed by atoms with Crippen molar-refractivity contribution >= 4 is 23.7 Å². The van der Waals surface area contributed by atoms with Crippen LogP contribution in [0, 0.1) is 11.8 Å². The number of hydrogen-bond acceptors (Lipinski definition) is 3. The number of rotatable bonds is 3. The van der Waals surface area contributed by atoms with Gasteiger partial charge < -0.3 is 4.31 Å². The number of nitrogens with zero attached hydrogens (tertiary/aromatic N) is 1. The van der Waals surface area contributed by atoms with Crippen LogP contribution in [0.3, 0.4) is 0 Å². The summed E-state index contributed by atoms with van der Waals surface area (Å²) in [6.45, 7) is 7.02. The summed E-state index contributed by atoms with van der Waals surface area (Å²) in [6.07, 6.45) is 8.98. The molecule has 0 aromatic carbocycles. The van der Waals surface area contributed by atoms with Crippen LogP contribution in [0.15, 0.2) is 12.3 Å². The highest BCUT2D eigenvalue weighted by Crippen LogP contribution is 2.35. The summed E-state index contributed by atoms with van der Waals surface area (Å²) in [4.78, 5) is 0. The molecule has 4 atom stereocenters. The van der Waals surface area contributed by atoms with Crippen molar-refractivity contribution in [3.63, 3.8) is 0 Å². The lowest BCUT2D eigenvalue weighted by Crippen LogP contribution is -2.39. The highest BCUT2D eigenvalue weighted by Gasteiger charge is 2.30. The van der Waals surface area contributed by atoms with E-state index in [-0.39, 0.29) is 0 Å². The summed E-state index contributed by atoms with van der Waals surface area (Å²) in [5.74, 6) is 1.47. The Kier molecular flexibility index (Phi) is 4.71. The standard InChI is InChI=1S/C11H21NS2/c1-8-9(2)12(14-5)7-6-11(8)10(3)13-4/h6-11H,1-5H3. The van der Waals surface area contributed by atoms with Crippen LogP contribution in [0.5, 0.6) is 0 Å². The van der Waals surface area contributed by atoms with Gasteiger partial charge in [0.15, 0.2) is 0 Å². The molecule has 1 aliphatic heterocycles. The summed E-state index contributed by atoms with van der Waals surface area (Å²) < 4.78 is 2.36. The van der Waals surface area contributed by atoms with Crippen LogP contribution in [0.1, 0.15) is 20.8 Å². The van der Waals surface area contributed by atoms with Gasteiger partial charge in [0.2, 0.25) is 0 Å². The second-order valence-electron chi connectivity index (χ2n) is 4.00. The van der Waals surface area contributed by atoms with Crippen molar-refractivity contribution in [1.82, 2.24) is 4.31 Å². The lowest BCUT2D eigenvalue weighted by atomic mass is 9.84. The molecule has 14 heavy (non-hydrogen) atoms. The minimum atomic E-state index is 0.648. The third-order valence-electron chi connectivity index (χ3n) is 3.35. The van der Waals surface area contributed by atoms with Gasteiger partial charge in [-0.1, -0.05) is 31.9 Å². The summed E-state index contributed by atoms with van der Waals surface area (Å²) in [5.41, 5.74) is 0. The molecule has 0 aromatic heterocycles. The van der Waals surface area contributed by atoms with E-state index in [9.17, 15) is 0 Å². The Morgan fingerprint density at radius 2 is 1.93 bits per heavy atom. The zero-order valence-corrected chi connectivity index (χ0v) is 11.4. The highest BCUT2D eigenvalue weighted by atomic mass is 32.2. The minimum absolute atomic E-state index is 0.648. The zero-order chi connectivity index (χ0) is 10.7. The quantitative estimate of drug-likeness (QED) is 0.685. The molecule has 0 aromatic rings. The molecule has 0 N–H and O–H groups in total. The highest BCUT2D eigenvalue weighted by molar-refractivity contribution is 7.99. The molecule has 0 aliphatic carbocycles. The molecule has 4 unspecified atom stereocenters. The number of allylic oxidation sites excluding steroid dienone is 1. The maximum atomic E-state index is 2.38. The van der Waals surface area contributed by atoms with Crippen molar-refractivity contribution in [2.45, 2.75) is 32.1 Å². The Morgan fingerprint density at radius 3 is 2.43 bits per heavy atom. The third kappa shape index (κ3) is 2.43. The Hall–Kier alpha value is 0.240. The Labute approximate surface area is 96.8 Å².